The minimum Gasteiger partial charge on any atom is -0.255 e. The van der Waals surface area contributed by atoms with Gasteiger partial charge < -0.3 is 0 Å². The number of anilines is 1. The topological polar surface area (TPSA) is 59.1 Å². The first-order valence-electron chi connectivity index (χ1n) is 6.53. The fourth-order valence-corrected chi connectivity index (χ4v) is 5.56. The molecule has 1 N–H and O–H groups in total. The summed E-state index contributed by atoms with van der Waals surface area (Å²) in [6.07, 6.45) is 4.03. The van der Waals surface area contributed by atoms with Crippen molar-refractivity contribution in [3.05, 3.63) is 37.8 Å². The lowest BCUT2D eigenvalue weighted by Gasteiger charge is -2.08. The third-order valence-electron chi connectivity index (χ3n) is 3.33. The van der Waals surface area contributed by atoms with Gasteiger partial charge >= 0.3 is 0 Å². The lowest BCUT2D eigenvalue weighted by Crippen LogP contribution is -2.13. The van der Waals surface area contributed by atoms with Gasteiger partial charge in [0.1, 0.15) is 4.90 Å². The van der Waals surface area contributed by atoms with Gasteiger partial charge in [0.05, 0.1) is 20.8 Å². The van der Waals surface area contributed by atoms with Crippen LogP contribution in [0.1, 0.15) is 23.4 Å². The van der Waals surface area contributed by atoms with Gasteiger partial charge in [0.15, 0.2) is 5.13 Å². The number of hydrogen-bond acceptors (Lipinski definition) is 4. The molecule has 4 nitrogen and oxygen atoms in total. The molecule has 0 unspecified atom stereocenters. The molecule has 0 radical (unpaired) electrons. The van der Waals surface area contributed by atoms with Gasteiger partial charge in [-0.15, -0.1) is 11.3 Å². The maximum atomic E-state index is 12.5. The molecule has 22 heavy (non-hydrogen) atoms. The van der Waals surface area contributed by atoms with Crippen LogP contribution in [0.3, 0.4) is 0 Å². The number of aromatic nitrogens is 1. The van der Waals surface area contributed by atoms with E-state index in [0.717, 1.165) is 36.3 Å². The number of thiazole rings is 1. The standard InChI is InChI=1S/C13H11Cl3N2O2S2/c14-7-5-9(16)12(6-8(7)15)22(19,20)18-13-17-10-3-1-2-4-11(10)21-13/h5-6H,1-4H2,(H,17,18). The van der Waals surface area contributed by atoms with Gasteiger partial charge in [-0.3, -0.25) is 4.72 Å². The van der Waals surface area contributed by atoms with Crippen molar-refractivity contribution in [3.8, 4) is 0 Å². The van der Waals surface area contributed by atoms with Gasteiger partial charge in [0.2, 0.25) is 0 Å². The Morgan fingerprint density at radius 2 is 1.73 bits per heavy atom. The van der Waals surface area contributed by atoms with Crippen LogP contribution in [0, 0.1) is 0 Å². The predicted octanol–water partition coefficient (Wildman–Crippen LogP) is 4.78. The number of rotatable bonds is 3. The number of aryl methyl sites for hydroxylation is 2. The molecule has 1 aromatic carbocycles. The van der Waals surface area contributed by atoms with Crippen molar-refractivity contribution in [2.75, 3.05) is 4.72 Å². The number of hydrogen-bond donors (Lipinski definition) is 1. The number of sulfonamides is 1. The Bertz CT molecular complexity index is 811. The molecular weight excluding hydrogens is 387 g/mol. The average Bonchev–Trinajstić information content (AvgIpc) is 2.83. The minimum atomic E-state index is -3.86. The van der Waals surface area contributed by atoms with E-state index in [1.54, 1.807) is 0 Å². The molecule has 0 fully saturated rings. The monoisotopic (exact) mass is 396 g/mol. The summed E-state index contributed by atoms with van der Waals surface area (Å²) in [6, 6.07) is 2.55. The van der Waals surface area contributed by atoms with Crippen LogP contribution < -0.4 is 4.72 Å². The van der Waals surface area contributed by atoms with Gasteiger partial charge in [0.25, 0.3) is 10.0 Å². The van der Waals surface area contributed by atoms with E-state index in [0.29, 0.717) is 5.13 Å². The molecule has 0 amide bonds. The molecule has 9 heteroatoms. The highest BCUT2D eigenvalue weighted by molar-refractivity contribution is 7.93. The summed E-state index contributed by atoms with van der Waals surface area (Å²) < 4.78 is 27.4. The number of nitrogens with one attached hydrogen (secondary N) is 1. The maximum absolute atomic E-state index is 12.5. The Kier molecular flexibility index (Phi) is 4.58. The van der Waals surface area contributed by atoms with Crippen LogP contribution in [0.15, 0.2) is 17.0 Å². The summed E-state index contributed by atoms with van der Waals surface area (Å²) in [4.78, 5) is 5.39. The molecular formula is C13H11Cl3N2O2S2. The Labute approximate surface area is 147 Å². The Morgan fingerprint density at radius 3 is 2.45 bits per heavy atom. The highest BCUT2D eigenvalue weighted by atomic mass is 35.5. The molecule has 1 aromatic heterocycles. The molecule has 0 bridgehead atoms. The van der Waals surface area contributed by atoms with Gasteiger partial charge in [0, 0.05) is 4.88 Å². The first-order chi connectivity index (χ1) is 10.4. The number of halogens is 3. The minimum absolute atomic E-state index is 0.0169. The zero-order valence-electron chi connectivity index (χ0n) is 11.2. The van der Waals surface area contributed by atoms with E-state index in [2.05, 4.69) is 9.71 Å². The molecule has 1 aliphatic rings. The van der Waals surface area contributed by atoms with Crippen LogP contribution in [-0.4, -0.2) is 13.4 Å². The van der Waals surface area contributed by atoms with Crippen molar-refractivity contribution in [2.24, 2.45) is 0 Å². The average molecular weight is 398 g/mol. The zero-order chi connectivity index (χ0) is 15.9. The molecule has 2 aromatic rings. The second-order valence-corrected chi connectivity index (χ2v) is 8.85. The highest BCUT2D eigenvalue weighted by Gasteiger charge is 2.23. The number of nitrogens with zero attached hydrogens (tertiary/aromatic N) is 1. The van der Waals surface area contributed by atoms with E-state index in [1.807, 2.05) is 0 Å². The second kappa shape index (κ2) is 6.17. The van der Waals surface area contributed by atoms with Crippen LogP contribution in [0.2, 0.25) is 15.1 Å². The third kappa shape index (κ3) is 3.21. The lowest BCUT2D eigenvalue weighted by atomic mass is 10.0. The fourth-order valence-electron chi connectivity index (χ4n) is 2.28. The molecule has 0 saturated heterocycles. The summed E-state index contributed by atoms with van der Waals surface area (Å²) >= 11 is 19.0. The van der Waals surface area contributed by atoms with Crippen molar-refractivity contribution in [3.63, 3.8) is 0 Å². The van der Waals surface area contributed by atoms with Crippen LogP contribution >= 0.6 is 46.1 Å². The largest absolute Gasteiger partial charge is 0.265 e. The first kappa shape index (κ1) is 16.3. The van der Waals surface area contributed by atoms with Crippen molar-refractivity contribution in [2.45, 2.75) is 30.6 Å². The predicted molar refractivity (Wildman–Crippen MR) is 91.0 cm³/mol. The van der Waals surface area contributed by atoms with E-state index >= 15 is 0 Å². The van der Waals surface area contributed by atoms with Crippen molar-refractivity contribution in [1.82, 2.24) is 4.98 Å². The van der Waals surface area contributed by atoms with Gasteiger partial charge in [-0.1, -0.05) is 34.8 Å². The van der Waals surface area contributed by atoms with Crippen LogP contribution in [0.5, 0.6) is 0 Å². The van der Waals surface area contributed by atoms with E-state index in [4.69, 9.17) is 34.8 Å². The SMILES string of the molecule is O=S(=O)(Nc1nc2c(s1)CCCC2)c1cc(Cl)c(Cl)cc1Cl. The molecule has 118 valence electrons. The number of fused-ring (bicyclic) bond motifs is 1. The molecule has 0 atom stereocenters. The van der Waals surface area contributed by atoms with Gasteiger partial charge in [-0.05, 0) is 37.8 Å². The quantitative estimate of drug-likeness (QED) is 0.758. The molecule has 0 aliphatic heterocycles. The first-order valence-corrected chi connectivity index (χ1v) is 9.96. The Balaban J connectivity index is 1.94. The van der Waals surface area contributed by atoms with Crippen molar-refractivity contribution >= 4 is 61.3 Å². The molecule has 1 heterocycles. The van der Waals surface area contributed by atoms with Crippen LogP contribution in [0.25, 0.3) is 0 Å². The smallest absolute Gasteiger partial charge is 0.255 e. The Morgan fingerprint density at radius 1 is 1.05 bits per heavy atom. The maximum Gasteiger partial charge on any atom is 0.265 e. The third-order valence-corrected chi connectivity index (χ3v) is 7.06. The van der Waals surface area contributed by atoms with E-state index in [1.165, 1.54) is 23.5 Å². The lowest BCUT2D eigenvalue weighted by molar-refractivity contribution is 0.601. The molecule has 3 rings (SSSR count). The second-order valence-electron chi connectivity index (χ2n) is 4.90. The fraction of sp³-hybridized carbons (Fsp3) is 0.308. The normalized spacial score (nSPS) is 14.7. The number of benzene rings is 1. The Hall–Kier alpha value is -0.530. The van der Waals surface area contributed by atoms with Crippen LogP contribution in [-0.2, 0) is 22.9 Å². The zero-order valence-corrected chi connectivity index (χ0v) is 15.1. The summed E-state index contributed by atoms with van der Waals surface area (Å²) in [5, 5.41) is 0.706. The van der Waals surface area contributed by atoms with Crippen molar-refractivity contribution < 1.29 is 8.42 Å². The van der Waals surface area contributed by atoms with Gasteiger partial charge in [-0.2, -0.15) is 0 Å². The summed E-state index contributed by atoms with van der Waals surface area (Å²) in [7, 11) is -3.86. The summed E-state index contributed by atoms with van der Waals surface area (Å²) in [5.41, 5.74) is 0.981. The summed E-state index contributed by atoms with van der Waals surface area (Å²) in [5.74, 6) is 0. The van der Waals surface area contributed by atoms with E-state index in [-0.39, 0.29) is 20.0 Å². The van der Waals surface area contributed by atoms with Crippen molar-refractivity contribution in [1.29, 1.82) is 0 Å². The molecule has 1 aliphatic carbocycles. The highest BCUT2D eigenvalue weighted by Crippen LogP contribution is 2.34. The molecule has 0 spiro atoms. The van der Waals surface area contributed by atoms with Gasteiger partial charge in [-0.25, -0.2) is 13.4 Å². The van der Waals surface area contributed by atoms with E-state index < -0.39 is 10.0 Å². The summed E-state index contributed by atoms with van der Waals surface area (Å²) in [6.45, 7) is 0. The molecule has 0 saturated carbocycles. The van der Waals surface area contributed by atoms with Crippen LogP contribution in [0.4, 0.5) is 5.13 Å². The van der Waals surface area contributed by atoms with E-state index in [9.17, 15) is 8.42 Å².